The van der Waals surface area contributed by atoms with Crippen LogP contribution in [0.25, 0.3) is 10.9 Å². The molecule has 2 aromatic heterocycles. The highest BCUT2D eigenvalue weighted by atomic mass is 35.5. The number of benzene rings is 2. The van der Waals surface area contributed by atoms with Crippen LogP contribution < -0.4 is 10.6 Å². The average Bonchev–Trinajstić information content (AvgIpc) is 2.74. The van der Waals surface area contributed by atoms with Gasteiger partial charge in [0.05, 0.1) is 11.2 Å². The number of hydrogen-bond acceptors (Lipinski definition) is 4. The Labute approximate surface area is 167 Å². The largest absolute Gasteiger partial charge is 0.381 e. The summed E-state index contributed by atoms with van der Waals surface area (Å²) in [6.45, 7) is 0.554. The van der Waals surface area contributed by atoms with Gasteiger partial charge in [-0.1, -0.05) is 48.0 Å². The topological polar surface area (TPSA) is 66.9 Å². The minimum atomic E-state index is -0.292. The lowest BCUT2D eigenvalue weighted by molar-refractivity contribution is 0.102. The van der Waals surface area contributed by atoms with E-state index in [0.29, 0.717) is 22.9 Å². The number of carbonyl (C=O) groups excluding carboxylic acids is 1. The molecule has 2 heterocycles. The Morgan fingerprint density at radius 2 is 1.79 bits per heavy atom. The number of nitrogens with zero attached hydrogens (tertiary/aromatic N) is 2. The van der Waals surface area contributed by atoms with Crippen molar-refractivity contribution in [1.82, 2.24) is 9.97 Å². The summed E-state index contributed by atoms with van der Waals surface area (Å²) >= 11 is 6.19. The molecule has 0 aliphatic carbocycles. The van der Waals surface area contributed by atoms with Crippen LogP contribution in [0.2, 0.25) is 5.02 Å². The van der Waals surface area contributed by atoms with Crippen molar-refractivity contribution in [3.8, 4) is 0 Å². The van der Waals surface area contributed by atoms with Crippen LogP contribution in [-0.4, -0.2) is 15.9 Å². The van der Waals surface area contributed by atoms with Crippen molar-refractivity contribution in [2.24, 2.45) is 0 Å². The number of amides is 1. The summed E-state index contributed by atoms with van der Waals surface area (Å²) in [5.41, 5.74) is 3.48. The van der Waals surface area contributed by atoms with Crippen LogP contribution in [0.4, 0.5) is 11.4 Å². The molecule has 0 saturated carbocycles. The number of nitrogens with one attached hydrogen (secondary N) is 2. The van der Waals surface area contributed by atoms with E-state index in [1.807, 2.05) is 60.7 Å². The number of aromatic nitrogens is 2. The van der Waals surface area contributed by atoms with E-state index in [4.69, 9.17) is 11.6 Å². The Kier molecular flexibility index (Phi) is 5.17. The first-order valence-corrected chi connectivity index (χ1v) is 9.17. The molecule has 0 spiro atoms. The second kappa shape index (κ2) is 8.06. The lowest BCUT2D eigenvalue weighted by Gasteiger charge is -2.10. The van der Waals surface area contributed by atoms with E-state index in [1.54, 1.807) is 18.5 Å². The zero-order chi connectivity index (χ0) is 19.3. The maximum absolute atomic E-state index is 12.7. The molecule has 2 aromatic carbocycles. The van der Waals surface area contributed by atoms with Crippen LogP contribution in [0.3, 0.4) is 0 Å². The number of hydrogen-bond donors (Lipinski definition) is 2. The molecule has 0 radical (unpaired) electrons. The highest BCUT2D eigenvalue weighted by Crippen LogP contribution is 2.22. The van der Waals surface area contributed by atoms with Crippen molar-refractivity contribution in [2.45, 2.75) is 6.54 Å². The quantitative estimate of drug-likeness (QED) is 0.496. The Hall–Kier alpha value is -3.44. The standard InChI is InChI=1S/C22H17ClN4O/c23-18-8-2-1-5-16(18)14-26-17-10-12-24-20(13-17)22(28)27-19-9-3-6-15-7-4-11-25-21(15)19/h1-13H,14H2,(H,24,26)(H,27,28). The van der Waals surface area contributed by atoms with Gasteiger partial charge in [0.2, 0.25) is 0 Å². The monoisotopic (exact) mass is 388 g/mol. The van der Waals surface area contributed by atoms with Gasteiger partial charge in [0.25, 0.3) is 5.91 Å². The number of pyridine rings is 2. The first-order valence-electron chi connectivity index (χ1n) is 8.79. The normalized spacial score (nSPS) is 10.6. The van der Waals surface area contributed by atoms with Gasteiger partial charge in [0.1, 0.15) is 5.69 Å². The molecule has 0 aliphatic heterocycles. The number of anilines is 2. The summed E-state index contributed by atoms with van der Waals surface area (Å²) in [4.78, 5) is 21.2. The maximum Gasteiger partial charge on any atom is 0.274 e. The van der Waals surface area contributed by atoms with E-state index >= 15 is 0 Å². The molecule has 5 nitrogen and oxygen atoms in total. The van der Waals surface area contributed by atoms with Gasteiger partial charge in [0.15, 0.2) is 0 Å². The number of halogens is 1. The van der Waals surface area contributed by atoms with Gasteiger partial charge in [-0.25, -0.2) is 0 Å². The summed E-state index contributed by atoms with van der Waals surface area (Å²) in [6.07, 6.45) is 3.31. The zero-order valence-electron chi connectivity index (χ0n) is 14.9. The van der Waals surface area contributed by atoms with Crippen LogP contribution in [0.5, 0.6) is 0 Å². The molecule has 2 N–H and O–H groups in total. The van der Waals surface area contributed by atoms with Crippen LogP contribution in [0.1, 0.15) is 16.1 Å². The molecule has 0 aliphatic rings. The van der Waals surface area contributed by atoms with E-state index < -0.39 is 0 Å². The van der Waals surface area contributed by atoms with Crippen LogP contribution in [0, 0.1) is 0 Å². The molecule has 0 saturated heterocycles. The van der Waals surface area contributed by atoms with Crippen LogP contribution in [-0.2, 0) is 6.54 Å². The second-order valence-corrected chi connectivity index (χ2v) is 6.62. The van der Waals surface area contributed by atoms with Crippen LogP contribution in [0.15, 0.2) is 79.1 Å². The lowest BCUT2D eigenvalue weighted by Crippen LogP contribution is -2.14. The Bertz CT molecular complexity index is 1140. The fraction of sp³-hybridized carbons (Fsp3) is 0.0455. The minimum absolute atomic E-state index is 0.292. The lowest BCUT2D eigenvalue weighted by atomic mass is 10.2. The van der Waals surface area contributed by atoms with E-state index in [9.17, 15) is 4.79 Å². The smallest absolute Gasteiger partial charge is 0.274 e. The van der Waals surface area contributed by atoms with Crippen LogP contribution >= 0.6 is 11.6 Å². The zero-order valence-corrected chi connectivity index (χ0v) is 15.6. The second-order valence-electron chi connectivity index (χ2n) is 6.21. The van der Waals surface area contributed by atoms with E-state index in [-0.39, 0.29) is 5.91 Å². The first kappa shape index (κ1) is 17.9. The molecular formula is C22H17ClN4O. The summed E-state index contributed by atoms with van der Waals surface area (Å²) in [5, 5.41) is 7.83. The Balaban J connectivity index is 1.50. The molecule has 0 bridgehead atoms. The van der Waals surface area contributed by atoms with Crippen molar-refractivity contribution >= 4 is 39.8 Å². The van der Waals surface area contributed by atoms with Gasteiger partial charge in [0, 0.05) is 35.0 Å². The molecule has 28 heavy (non-hydrogen) atoms. The summed E-state index contributed by atoms with van der Waals surface area (Å²) < 4.78 is 0. The van der Waals surface area contributed by atoms with Gasteiger partial charge in [-0.2, -0.15) is 0 Å². The number of rotatable bonds is 5. The summed E-state index contributed by atoms with van der Waals surface area (Å²) in [7, 11) is 0. The average molecular weight is 389 g/mol. The fourth-order valence-electron chi connectivity index (χ4n) is 2.90. The van der Waals surface area contributed by atoms with Crippen molar-refractivity contribution in [3.63, 3.8) is 0 Å². The molecular weight excluding hydrogens is 372 g/mol. The fourth-order valence-corrected chi connectivity index (χ4v) is 3.10. The van der Waals surface area contributed by atoms with E-state index in [2.05, 4.69) is 20.6 Å². The van der Waals surface area contributed by atoms with Gasteiger partial charge in [-0.3, -0.25) is 14.8 Å². The number of carbonyl (C=O) groups is 1. The van der Waals surface area contributed by atoms with Crippen molar-refractivity contribution in [3.05, 3.63) is 95.4 Å². The van der Waals surface area contributed by atoms with E-state index in [0.717, 1.165) is 22.2 Å². The Morgan fingerprint density at radius 3 is 2.68 bits per heavy atom. The molecule has 4 rings (SSSR count). The maximum atomic E-state index is 12.7. The van der Waals surface area contributed by atoms with Crippen molar-refractivity contribution in [2.75, 3.05) is 10.6 Å². The van der Waals surface area contributed by atoms with Crippen molar-refractivity contribution < 1.29 is 4.79 Å². The van der Waals surface area contributed by atoms with Gasteiger partial charge in [-0.15, -0.1) is 0 Å². The summed E-state index contributed by atoms with van der Waals surface area (Å²) in [6, 6.07) is 20.6. The van der Waals surface area contributed by atoms with Crippen molar-refractivity contribution in [1.29, 1.82) is 0 Å². The predicted octanol–water partition coefficient (Wildman–Crippen LogP) is 5.15. The number of fused-ring (bicyclic) bond motifs is 1. The minimum Gasteiger partial charge on any atom is -0.381 e. The van der Waals surface area contributed by atoms with Gasteiger partial charge >= 0.3 is 0 Å². The predicted molar refractivity (Wildman–Crippen MR) is 113 cm³/mol. The highest BCUT2D eigenvalue weighted by molar-refractivity contribution is 6.31. The highest BCUT2D eigenvalue weighted by Gasteiger charge is 2.11. The molecule has 1 amide bonds. The molecule has 138 valence electrons. The SMILES string of the molecule is O=C(Nc1cccc2cccnc12)c1cc(NCc2ccccc2Cl)ccn1. The molecule has 4 aromatic rings. The molecule has 0 unspecified atom stereocenters. The third-order valence-corrected chi connectivity index (χ3v) is 4.68. The third-order valence-electron chi connectivity index (χ3n) is 4.31. The number of para-hydroxylation sites is 1. The summed E-state index contributed by atoms with van der Waals surface area (Å²) in [5.74, 6) is -0.292. The third kappa shape index (κ3) is 3.94. The first-order chi connectivity index (χ1) is 13.7. The van der Waals surface area contributed by atoms with Gasteiger partial charge < -0.3 is 10.6 Å². The van der Waals surface area contributed by atoms with E-state index in [1.165, 1.54) is 0 Å². The Morgan fingerprint density at radius 1 is 0.929 bits per heavy atom. The molecule has 6 heteroatoms. The molecule has 0 fully saturated rings. The molecule has 0 atom stereocenters. The van der Waals surface area contributed by atoms with Gasteiger partial charge in [-0.05, 0) is 35.9 Å².